The molecule has 0 heterocycles. The van der Waals surface area contributed by atoms with Crippen LogP contribution in [0.15, 0.2) is 109 Å². The second-order valence-electron chi connectivity index (χ2n) is 13.2. The third-order valence-electron chi connectivity index (χ3n) is 7.80. The molecule has 0 aliphatic carbocycles. The van der Waals surface area contributed by atoms with E-state index in [0.29, 0.717) is 19.3 Å². The summed E-state index contributed by atoms with van der Waals surface area (Å²) in [6, 6.07) is 0. The summed E-state index contributed by atoms with van der Waals surface area (Å²) in [7, 11) is -4.80. The Morgan fingerprint density at radius 3 is 1.40 bits per heavy atom. The van der Waals surface area contributed by atoms with E-state index in [9.17, 15) is 19.3 Å². The average molecular weight is 787 g/mol. The highest BCUT2D eigenvalue weighted by atomic mass is 31.2. The summed E-state index contributed by atoms with van der Waals surface area (Å²) in [4.78, 5) is 42.7. The van der Waals surface area contributed by atoms with Crippen molar-refractivity contribution in [1.29, 1.82) is 0 Å². The van der Waals surface area contributed by atoms with Crippen LogP contribution in [0, 0.1) is 0 Å². The van der Waals surface area contributed by atoms with Crippen molar-refractivity contribution in [3.8, 4) is 0 Å². The van der Waals surface area contributed by atoms with Gasteiger partial charge in [-0.3, -0.25) is 14.1 Å². The predicted octanol–water partition coefficient (Wildman–Crippen LogP) is 11.4. The topological polar surface area (TPSA) is 140 Å². The molecule has 0 saturated carbocycles. The van der Waals surface area contributed by atoms with Crippen molar-refractivity contribution in [3.05, 3.63) is 109 Å². The quantitative estimate of drug-likeness (QED) is 0.0248. The summed E-state index contributed by atoms with van der Waals surface area (Å²) in [5.74, 6) is -1.08. The van der Waals surface area contributed by atoms with E-state index in [1.54, 1.807) is 0 Å². The molecule has 0 radical (unpaired) electrons. The summed E-state index contributed by atoms with van der Waals surface area (Å²) in [5.41, 5.74) is 0. The van der Waals surface area contributed by atoms with Gasteiger partial charge in [0, 0.05) is 12.8 Å². The maximum absolute atomic E-state index is 12.4. The molecule has 0 aliphatic heterocycles. The van der Waals surface area contributed by atoms with Crippen LogP contribution < -0.4 is 0 Å². The van der Waals surface area contributed by atoms with Gasteiger partial charge in [0.25, 0.3) is 0 Å². The Bertz CT molecular complexity index is 1260. The Hall–Kier alpha value is -3.33. The number of rotatable bonds is 35. The monoisotopic (exact) mass is 786 g/mol. The lowest BCUT2D eigenvalue weighted by atomic mass is 10.1. The highest BCUT2D eigenvalue weighted by Gasteiger charge is 2.22. The number of hydrogen-bond acceptors (Lipinski definition) is 7. The molecule has 2 atom stereocenters. The number of aliphatic hydroxyl groups excluding tert-OH is 1. The number of phosphoric ester groups is 1. The number of hydrogen-bond donors (Lipinski definition) is 3. The fourth-order valence-corrected chi connectivity index (χ4v) is 5.14. The summed E-state index contributed by atoms with van der Waals surface area (Å²) in [6.07, 6.45) is 52.4. The van der Waals surface area contributed by atoms with E-state index in [1.165, 1.54) is 25.7 Å². The van der Waals surface area contributed by atoms with Gasteiger partial charge < -0.3 is 24.4 Å². The van der Waals surface area contributed by atoms with Crippen molar-refractivity contribution in [2.75, 3.05) is 13.2 Å². The Labute approximate surface area is 332 Å². The van der Waals surface area contributed by atoms with Gasteiger partial charge in [-0.1, -0.05) is 129 Å². The Kier molecular flexibility index (Phi) is 36.6. The van der Waals surface area contributed by atoms with Gasteiger partial charge in [0.2, 0.25) is 0 Å². The van der Waals surface area contributed by atoms with Crippen LogP contribution in [-0.2, 0) is 28.2 Å². The lowest BCUT2D eigenvalue weighted by Crippen LogP contribution is -2.29. The first-order valence-electron chi connectivity index (χ1n) is 20.2. The van der Waals surface area contributed by atoms with E-state index in [-0.39, 0.29) is 25.6 Å². The van der Waals surface area contributed by atoms with E-state index < -0.39 is 32.5 Å². The lowest BCUT2D eigenvalue weighted by molar-refractivity contribution is -0.161. The second kappa shape index (κ2) is 38.9. The molecule has 0 unspecified atom stereocenters. The molecule has 0 rings (SSSR count). The molecule has 0 aromatic rings. The molecule has 10 heteroatoms. The SMILES string of the molecule is CCCCC/C=C\C/C=C\C/C=C\C/C=C\C/C=C\CCC(=O)O[C@H](COC(=O)CCC/C=C\C/C=C\C/C=C\C/C=C\CCC[C@@H](C)O)COP(=O)(O)O. The number of aliphatic hydroxyl groups is 1. The molecule has 9 nitrogen and oxygen atoms in total. The highest BCUT2D eigenvalue weighted by molar-refractivity contribution is 7.46. The lowest BCUT2D eigenvalue weighted by Gasteiger charge is -2.18. The van der Waals surface area contributed by atoms with Crippen LogP contribution in [-0.4, -0.2) is 52.3 Å². The fourth-order valence-electron chi connectivity index (χ4n) is 4.78. The number of carbonyl (C=O) groups is 2. The van der Waals surface area contributed by atoms with Crippen LogP contribution in [0.5, 0.6) is 0 Å². The van der Waals surface area contributed by atoms with Crippen molar-refractivity contribution in [1.82, 2.24) is 0 Å². The van der Waals surface area contributed by atoms with Gasteiger partial charge >= 0.3 is 19.8 Å². The number of carbonyl (C=O) groups excluding carboxylic acids is 2. The normalized spacial score (nSPS) is 14.2. The van der Waals surface area contributed by atoms with Crippen LogP contribution in [0.25, 0.3) is 0 Å². The van der Waals surface area contributed by atoms with Crippen molar-refractivity contribution in [3.63, 3.8) is 0 Å². The van der Waals surface area contributed by atoms with Gasteiger partial charge in [-0.15, -0.1) is 0 Å². The van der Waals surface area contributed by atoms with Crippen LogP contribution in [0.4, 0.5) is 0 Å². The second-order valence-corrected chi connectivity index (χ2v) is 14.4. The Balaban J connectivity index is 4.20. The zero-order valence-corrected chi connectivity index (χ0v) is 34.5. The summed E-state index contributed by atoms with van der Waals surface area (Å²) < 4.78 is 26.2. The molecule has 0 fully saturated rings. The van der Waals surface area contributed by atoms with E-state index in [0.717, 1.165) is 64.2 Å². The molecular formula is C45H71O9P. The molecular weight excluding hydrogens is 715 g/mol. The molecule has 0 aliphatic rings. The Morgan fingerprint density at radius 2 is 0.964 bits per heavy atom. The van der Waals surface area contributed by atoms with E-state index in [4.69, 9.17) is 19.3 Å². The number of ether oxygens (including phenoxy) is 2. The summed E-state index contributed by atoms with van der Waals surface area (Å²) in [6.45, 7) is 3.08. The molecule has 0 spiro atoms. The molecule has 310 valence electrons. The first-order valence-corrected chi connectivity index (χ1v) is 21.7. The molecule has 0 aromatic heterocycles. The predicted molar refractivity (Wildman–Crippen MR) is 226 cm³/mol. The van der Waals surface area contributed by atoms with E-state index >= 15 is 0 Å². The van der Waals surface area contributed by atoms with Crippen molar-refractivity contribution < 1.29 is 43.0 Å². The highest BCUT2D eigenvalue weighted by Crippen LogP contribution is 2.35. The molecule has 0 amide bonds. The molecule has 3 N–H and O–H groups in total. The molecule has 0 saturated heterocycles. The first-order chi connectivity index (χ1) is 26.6. The summed E-state index contributed by atoms with van der Waals surface area (Å²) in [5, 5.41) is 9.25. The van der Waals surface area contributed by atoms with Gasteiger partial charge in [-0.2, -0.15) is 0 Å². The largest absolute Gasteiger partial charge is 0.469 e. The third-order valence-corrected chi connectivity index (χ3v) is 8.28. The number of phosphoric acid groups is 1. The summed E-state index contributed by atoms with van der Waals surface area (Å²) >= 11 is 0. The van der Waals surface area contributed by atoms with Gasteiger partial charge in [0.1, 0.15) is 6.61 Å². The first kappa shape index (κ1) is 51.7. The molecule has 55 heavy (non-hydrogen) atoms. The number of allylic oxidation sites excluding steroid dienone is 18. The minimum atomic E-state index is -4.80. The van der Waals surface area contributed by atoms with Crippen molar-refractivity contribution in [2.24, 2.45) is 0 Å². The zero-order chi connectivity index (χ0) is 40.5. The van der Waals surface area contributed by atoms with Gasteiger partial charge in [-0.05, 0) is 103 Å². The maximum atomic E-state index is 12.4. The molecule has 0 aromatic carbocycles. The van der Waals surface area contributed by atoms with Crippen LogP contribution in [0.2, 0.25) is 0 Å². The minimum Gasteiger partial charge on any atom is -0.462 e. The van der Waals surface area contributed by atoms with Crippen LogP contribution in [0.3, 0.4) is 0 Å². The smallest absolute Gasteiger partial charge is 0.462 e. The standard InChI is InChI=1S/C45H71O9P/c1-3-4-5-6-7-8-9-10-11-12-13-14-17-21-24-27-30-33-36-39-45(48)54-43(41-53-55(49,50)51)40-52-44(47)38-35-32-29-26-23-20-18-15-16-19-22-25-28-31-34-37-42(2)46/h7-8,10-11,13-14,16,18-21,24-26,28-30,33,42-43,46H,3-6,9,12,15,17,22-23,27,31-32,34-41H2,1-2H3,(H2,49,50,51)/b8-7-,11-10-,14-13-,19-16-,20-18-,24-21-,28-25-,29-26-,33-30-/t42-,43-/m1/s1. The zero-order valence-electron chi connectivity index (χ0n) is 33.6. The number of esters is 2. The van der Waals surface area contributed by atoms with Crippen LogP contribution >= 0.6 is 7.82 Å². The molecule has 0 bridgehead atoms. The number of unbranched alkanes of at least 4 members (excludes halogenated alkanes) is 5. The van der Waals surface area contributed by atoms with Gasteiger partial charge in [0.15, 0.2) is 6.10 Å². The van der Waals surface area contributed by atoms with E-state index in [2.05, 4.69) is 96.5 Å². The Morgan fingerprint density at radius 1 is 0.545 bits per heavy atom. The van der Waals surface area contributed by atoms with E-state index in [1.807, 2.05) is 31.2 Å². The maximum Gasteiger partial charge on any atom is 0.469 e. The van der Waals surface area contributed by atoms with Crippen molar-refractivity contribution >= 4 is 19.8 Å². The average Bonchev–Trinajstić information content (AvgIpc) is 3.14. The minimum absolute atomic E-state index is 0.0636. The van der Waals surface area contributed by atoms with Gasteiger partial charge in [-0.25, -0.2) is 4.57 Å². The third kappa shape index (κ3) is 43.3. The fraction of sp³-hybridized carbons (Fsp3) is 0.556. The van der Waals surface area contributed by atoms with Crippen LogP contribution in [0.1, 0.15) is 136 Å². The van der Waals surface area contributed by atoms with Crippen molar-refractivity contribution in [2.45, 2.75) is 148 Å². The van der Waals surface area contributed by atoms with Gasteiger partial charge in [0.05, 0.1) is 12.7 Å².